The number of aromatic amines is 1. The SMILES string of the molecule is CCOC(=O)NC(=O)c1cn(CCS)c(=O)[nH]c1=O. The fourth-order valence-electron chi connectivity index (χ4n) is 1.27. The largest absolute Gasteiger partial charge is 0.450 e. The second kappa shape index (κ2) is 6.78. The number of hydrogen-bond donors (Lipinski definition) is 3. The van der Waals surface area contributed by atoms with Crippen molar-refractivity contribution >= 4 is 24.6 Å². The van der Waals surface area contributed by atoms with Crippen molar-refractivity contribution in [2.24, 2.45) is 0 Å². The van der Waals surface area contributed by atoms with Gasteiger partial charge in [-0.15, -0.1) is 0 Å². The average molecular weight is 287 g/mol. The molecule has 1 rings (SSSR count). The van der Waals surface area contributed by atoms with Gasteiger partial charge in [-0.05, 0) is 6.92 Å². The van der Waals surface area contributed by atoms with Gasteiger partial charge in [0, 0.05) is 18.5 Å². The van der Waals surface area contributed by atoms with Gasteiger partial charge in [0.25, 0.3) is 11.5 Å². The number of hydrogen-bond acceptors (Lipinski definition) is 6. The van der Waals surface area contributed by atoms with Gasteiger partial charge < -0.3 is 4.74 Å². The van der Waals surface area contributed by atoms with Crippen LogP contribution in [0.15, 0.2) is 15.8 Å². The van der Waals surface area contributed by atoms with Gasteiger partial charge in [-0.2, -0.15) is 12.6 Å². The fourth-order valence-corrected chi connectivity index (χ4v) is 1.49. The molecule has 0 spiro atoms. The van der Waals surface area contributed by atoms with Crippen molar-refractivity contribution in [1.29, 1.82) is 0 Å². The number of ether oxygens (including phenoxy) is 1. The molecule has 0 fully saturated rings. The average Bonchev–Trinajstić information content (AvgIpc) is 2.32. The smallest absolute Gasteiger partial charge is 0.414 e. The third-order valence-electron chi connectivity index (χ3n) is 2.09. The number of aromatic nitrogens is 2. The van der Waals surface area contributed by atoms with E-state index in [2.05, 4.69) is 17.4 Å². The quantitative estimate of drug-likeness (QED) is 0.638. The van der Waals surface area contributed by atoms with Crippen LogP contribution in [0.25, 0.3) is 0 Å². The molecule has 0 saturated carbocycles. The van der Waals surface area contributed by atoms with Crippen LogP contribution in [0.2, 0.25) is 0 Å². The number of carbonyl (C=O) groups excluding carboxylic acids is 2. The Morgan fingerprint density at radius 2 is 2.16 bits per heavy atom. The van der Waals surface area contributed by atoms with Crippen LogP contribution in [0.4, 0.5) is 4.79 Å². The highest BCUT2D eigenvalue weighted by Crippen LogP contribution is 1.91. The number of alkyl carbamates (subject to hydrolysis) is 1. The molecule has 0 atom stereocenters. The van der Waals surface area contributed by atoms with Crippen molar-refractivity contribution in [1.82, 2.24) is 14.9 Å². The topological polar surface area (TPSA) is 110 Å². The Balaban J connectivity index is 3.03. The molecule has 2 amide bonds. The zero-order valence-electron chi connectivity index (χ0n) is 10.1. The lowest BCUT2D eigenvalue weighted by Crippen LogP contribution is -2.39. The van der Waals surface area contributed by atoms with E-state index in [4.69, 9.17) is 0 Å². The van der Waals surface area contributed by atoms with Crippen molar-refractivity contribution < 1.29 is 14.3 Å². The van der Waals surface area contributed by atoms with E-state index in [0.717, 1.165) is 10.8 Å². The first-order valence-electron chi connectivity index (χ1n) is 5.42. The number of H-pyrrole nitrogens is 1. The van der Waals surface area contributed by atoms with Gasteiger partial charge in [-0.3, -0.25) is 24.5 Å². The maximum Gasteiger partial charge on any atom is 0.414 e. The van der Waals surface area contributed by atoms with Crippen molar-refractivity contribution in [2.45, 2.75) is 13.5 Å². The summed E-state index contributed by atoms with van der Waals surface area (Å²) in [7, 11) is 0. The molecule has 2 N–H and O–H groups in total. The molecule has 0 unspecified atom stereocenters. The summed E-state index contributed by atoms with van der Waals surface area (Å²) in [4.78, 5) is 47.6. The van der Waals surface area contributed by atoms with Crippen LogP contribution in [0.5, 0.6) is 0 Å². The summed E-state index contributed by atoms with van der Waals surface area (Å²) in [6.45, 7) is 1.89. The van der Waals surface area contributed by atoms with Crippen molar-refractivity contribution in [3.05, 3.63) is 32.6 Å². The van der Waals surface area contributed by atoms with E-state index in [1.807, 2.05) is 10.3 Å². The second-order valence-electron chi connectivity index (χ2n) is 3.39. The standard InChI is InChI=1S/C10H13N3O5S/c1-2-18-10(17)12-8(15)6-5-13(3-4-19)9(16)11-7(6)14/h5,19H,2-4H2,1H3,(H,11,14,16)(H,12,15,17). The molecule has 1 aromatic heterocycles. The van der Waals surface area contributed by atoms with Gasteiger partial charge in [0.15, 0.2) is 0 Å². The predicted octanol–water partition coefficient (Wildman–Crippen LogP) is -0.647. The molecule has 0 saturated heterocycles. The summed E-state index contributed by atoms with van der Waals surface area (Å²) in [5, 5.41) is 1.87. The highest BCUT2D eigenvalue weighted by Gasteiger charge is 2.16. The molecule has 9 heteroatoms. The molecule has 0 aliphatic heterocycles. The van der Waals surface area contributed by atoms with E-state index < -0.39 is 23.2 Å². The Hall–Kier alpha value is -2.03. The minimum atomic E-state index is -0.959. The summed E-state index contributed by atoms with van der Waals surface area (Å²) in [5.41, 5.74) is -1.87. The van der Waals surface area contributed by atoms with Gasteiger partial charge in [0.1, 0.15) is 5.56 Å². The maximum atomic E-state index is 11.7. The zero-order valence-corrected chi connectivity index (χ0v) is 11.0. The van der Waals surface area contributed by atoms with Crippen LogP contribution in [0.1, 0.15) is 17.3 Å². The number of aryl methyl sites for hydroxylation is 1. The number of thiol groups is 1. The van der Waals surface area contributed by atoms with Crippen molar-refractivity contribution in [3.8, 4) is 0 Å². The van der Waals surface area contributed by atoms with E-state index in [0.29, 0.717) is 5.75 Å². The predicted molar refractivity (Wildman–Crippen MR) is 69.7 cm³/mol. The minimum Gasteiger partial charge on any atom is -0.450 e. The lowest BCUT2D eigenvalue weighted by molar-refractivity contribution is 0.0922. The Morgan fingerprint density at radius 3 is 2.74 bits per heavy atom. The van der Waals surface area contributed by atoms with Gasteiger partial charge >= 0.3 is 11.8 Å². The van der Waals surface area contributed by atoms with Crippen LogP contribution in [0.3, 0.4) is 0 Å². The number of nitrogens with zero attached hydrogens (tertiary/aromatic N) is 1. The van der Waals surface area contributed by atoms with Crippen LogP contribution >= 0.6 is 12.6 Å². The van der Waals surface area contributed by atoms with Gasteiger partial charge in [-0.25, -0.2) is 9.59 Å². The molecule has 0 aromatic carbocycles. The molecule has 0 bridgehead atoms. The van der Waals surface area contributed by atoms with E-state index in [9.17, 15) is 19.2 Å². The monoisotopic (exact) mass is 287 g/mol. The molecular weight excluding hydrogens is 274 g/mol. The number of amides is 2. The molecular formula is C10H13N3O5S. The van der Waals surface area contributed by atoms with Gasteiger partial charge in [0.05, 0.1) is 6.61 Å². The molecule has 104 valence electrons. The third-order valence-corrected chi connectivity index (χ3v) is 2.29. The molecule has 1 aromatic rings. The normalized spacial score (nSPS) is 10.0. The number of rotatable bonds is 4. The lowest BCUT2D eigenvalue weighted by Gasteiger charge is -2.06. The molecule has 1 heterocycles. The highest BCUT2D eigenvalue weighted by atomic mass is 32.1. The summed E-state index contributed by atoms with van der Waals surface area (Å²) in [6.07, 6.45) is 0.116. The minimum absolute atomic E-state index is 0.0919. The maximum absolute atomic E-state index is 11.7. The van der Waals surface area contributed by atoms with Crippen molar-refractivity contribution in [2.75, 3.05) is 12.4 Å². The fraction of sp³-hybridized carbons (Fsp3) is 0.400. The Morgan fingerprint density at radius 1 is 1.47 bits per heavy atom. The highest BCUT2D eigenvalue weighted by molar-refractivity contribution is 7.80. The van der Waals surface area contributed by atoms with Gasteiger partial charge in [0.2, 0.25) is 0 Å². The first kappa shape index (κ1) is 15.0. The van der Waals surface area contributed by atoms with Crippen LogP contribution in [-0.4, -0.2) is 33.9 Å². The first-order chi connectivity index (χ1) is 8.99. The van der Waals surface area contributed by atoms with E-state index in [1.54, 1.807) is 6.92 Å². The Labute approximate surface area is 113 Å². The third kappa shape index (κ3) is 3.98. The summed E-state index contributed by atoms with van der Waals surface area (Å²) in [6, 6.07) is 0. The van der Waals surface area contributed by atoms with E-state index in [-0.39, 0.29) is 18.7 Å². The van der Waals surface area contributed by atoms with E-state index in [1.165, 1.54) is 0 Å². The van der Waals surface area contributed by atoms with Crippen LogP contribution in [0, 0.1) is 0 Å². The molecule has 0 radical (unpaired) electrons. The lowest BCUT2D eigenvalue weighted by atomic mass is 10.3. The number of carbonyl (C=O) groups is 2. The van der Waals surface area contributed by atoms with E-state index >= 15 is 0 Å². The number of nitrogens with one attached hydrogen (secondary N) is 2. The molecule has 19 heavy (non-hydrogen) atoms. The van der Waals surface area contributed by atoms with Crippen LogP contribution in [-0.2, 0) is 11.3 Å². The Kier molecular flexibility index (Phi) is 5.37. The van der Waals surface area contributed by atoms with Crippen molar-refractivity contribution in [3.63, 3.8) is 0 Å². The molecule has 8 nitrogen and oxygen atoms in total. The molecule has 0 aliphatic carbocycles. The Bertz CT molecular complexity index is 592. The molecule has 0 aliphatic rings. The summed E-state index contributed by atoms with van der Waals surface area (Å²) >= 11 is 3.95. The van der Waals surface area contributed by atoms with Crippen LogP contribution < -0.4 is 16.6 Å². The number of imide groups is 1. The second-order valence-corrected chi connectivity index (χ2v) is 3.84. The summed E-state index contributed by atoms with van der Waals surface area (Å²) in [5.74, 6) is -0.585. The summed E-state index contributed by atoms with van der Waals surface area (Å²) < 4.78 is 5.63. The zero-order chi connectivity index (χ0) is 14.4. The van der Waals surface area contributed by atoms with Gasteiger partial charge in [-0.1, -0.05) is 0 Å². The first-order valence-corrected chi connectivity index (χ1v) is 6.05.